The van der Waals surface area contributed by atoms with E-state index in [2.05, 4.69) is 0 Å². The van der Waals surface area contributed by atoms with E-state index in [4.69, 9.17) is 11.6 Å². The Labute approximate surface area is 118 Å². The summed E-state index contributed by atoms with van der Waals surface area (Å²) in [5.74, 6) is 0.176. The summed E-state index contributed by atoms with van der Waals surface area (Å²) in [7, 11) is 0. The zero-order valence-corrected chi connectivity index (χ0v) is 11.8. The van der Waals surface area contributed by atoms with Gasteiger partial charge in [0.2, 0.25) is 0 Å². The van der Waals surface area contributed by atoms with Gasteiger partial charge in [-0.1, -0.05) is 18.5 Å². The number of halogens is 1. The number of nitrogens with zero attached hydrogens (tertiary/aromatic N) is 2. The van der Waals surface area contributed by atoms with Crippen molar-refractivity contribution >= 4 is 17.5 Å². The Morgan fingerprint density at radius 1 is 1.42 bits per heavy atom. The molecule has 0 aromatic carbocycles. The van der Waals surface area contributed by atoms with Crippen LogP contribution in [0.4, 0.5) is 0 Å². The van der Waals surface area contributed by atoms with E-state index >= 15 is 0 Å². The smallest absolute Gasteiger partial charge is 0.270 e. The van der Waals surface area contributed by atoms with Crippen molar-refractivity contribution in [2.45, 2.75) is 38.3 Å². The number of amides is 1. The van der Waals surface area contributed by atoms with E-state index < -0.39 is 0 Å². The minimum Gasteiger partial charge on any atom is -0.393 e. The molecule has 1 aliphatic carbocycles. The number of aliphatic hydroxyl groups excluding tert-OH is 1. The lowest BCUT2D eigenvalue weighted by atomic mass is 9.96. The predicted octanol–water partition coefficient (Wildman–Crippen LogP) is 2.32. The molecule has 2 aliphatic rings. The Balaban J connectivity index is 1.80. The van der Waals surface area contributed by atoms with Gasteiger partial charge in [0.05, 0.1) is 11.1 Å². The predicted molar refractivity (Wildman–Crippen MR) is 73.4 cm³/mol. The molecular formula is C14H19ClN2O2. The van der Waals surface area contributed by atoms with E-state index in [1.807, 2.05) is 22.6 Å². The summed E-state index contributed by atoms with van der Waals surface area (Å²) >= 11 is 6.04. The fourth-order valence-corrected chi connectivity index (χ4v) is 2.96. The largest absolute Gasteiger partial charge is 0.393 e. The van der Waals surface area contributed by atoms with Crippen molar-refractivity contribution in [2.75, 3.05) is 13.1 Å². The molecule has 1 saturated carbocycles. The molecule has 2 atom stereocenters. The zero-order chi connectivity index (χ0) is 13.6. The molecule has 1 aliphatic heterocycles. The third-order valence-corrected chi connectivity index (χ3v) is 4.33. The Hall–Kier alpha value is -1.00. The van der Waals surface area contributed by atoms with Crippen molar-refractivity contribution in [3.05, 3.63) is 23.0 Å². The maximum atomic E-state index is 12.6. The molecule has 1 N–H and O–H groups in total. The van der Waals surface area contributed by atoms with Crippen molar-refractivity contribution in [3.63, 3.8) is 0 Å². The number of piperidine rings is 1. The fourth-order valence-electron chi connectivity index (χ4n) is 2.75. The Kier molecular flexibility index (Phi) is 3.31. The van der Waals surface area contributed by atoms with Crippen LogP contribution in [0, 0.1) is 5.92 Å². The maximum absolute atomic E-state index is 12.6. The second-order valence-electron chi connectivity index (χ2n) is 5.77. The van der Waals surface area contributed by atoms with Crippen molar-refractivity contribution in [1.82, 2.24) is 9.47 Å². The molecule has 2 unspecified atom stereocenters. The highest BCUT2D eigenvalue weighted by Crippen LogP contribution is 2.37. The van der Waals surface area contributed by atoms with Crippen molar-refractivity contribution < 1.29 is 9.90 Å². The van der Waals surface area contributed by atoms with E-state index in [-0.39, 0.29) is 17.9 Å². The minimum atomic E-state index is -0.289. The van der Waals surface area contributed by atoms with E-state index in [0.717, 1.165) is 12.8 Å². The van der Waals surface area contributed by atoms with Crippen LogP contribution in [0.15, 0.2) is 12.3 Å². The topological polar surface area (TPSA) is 45.5 Å². The molecule has 19 heavy (non-hydrogen) atoms. The number of aromatic nitrogens is 1. The lowest BCUT2D eigenvalue weighted by Crippen LogP contribution is -2.45. The highest BCUT2D eigenvalue weighted by Gasteiger charge is 2.32. The van der Waals surface area contributed by atoms with Gasteiger partial charge in [-0.3, -0.25) is 4.79 Å². The van der Waals surface area contributed by atoms with Crippen molar-refractivity contribution in [1.29, 1.82) is 0 Å². The van der Waals surface area contributed by atoms with Crippen molar-refractivity contribution in [2.24, 2.45) is 5.92 Å². The molecule has 2 heterocycles. The molecule has 104 valence electrons. The van der Waals surface area contributed by atoms with E-state index in [1.165, 1.54) is 0 Å². The average Bonchev–Trinajstić information content (AvgIpc) is 3.15. The first kappa shape index (κ1) is 13.0. The molecule has 0 spiro atoms. The number of carbonyl (C=O) groups excluding carboxylic acids is 1. The van der Waals surface area contributed by atoms with E-state index in [9.17, 15) is 9.90 Å². The standard InChI is InChI=1S/C14H19ClN2O2/c1-9-7-16(5-4-13(9)18)14(19)12-6-10(15)8-17(12)11-2-3-11/h6,8-9,11,13,18H,2-5,7H2,1H3. The van der Waals surface area contributed by atoms with Crippen molar-refractivity contribution in [3.8, 4) is 0 Å². The molecule has 0 bridgehead atoms. The van der Waals surface area contributed by atoms with Crippen LogP contribution in [0.25, 0.3) is 0 Å². The number of carbonyl (C=O) groups is 1. The van der Waals surface area contributed by atoms with Crippen LogP contribution in [0.1, 0.15) is 42.7 Å². The van der Waals surface area contributed by atoms with Gasteiger partial charge in [-0.25, -0.2) is 0 Å². The number of likely N-dealkylation sites (tertiary alicyclic amines) is 1. The summed E-state index contributed by atoms with van der Waals surface area (Å²) in [4.78, 5) is 14.4. The quantitative estimate of drug-likeness (QED) is 0.905. The van der Waals surface area contributed by atoms with Crippen LogP contribution >= 0.6 is 11.6 Å². The summed E-state index contributed by atoms with van der Waals surface area (Å²) < 4.78 is 2.01. The monoisotopic (exact) mass is 282 g/mol. The molecule has 1 amide bonds. The third kappa shape index (κ3) is 2.51. The fraction of sp³-hybridized carbons (Fsp3) is 0.643. The third-order valence-electron chi connectivity index (χ3n) is 4.12. The minimum absolute atomic E-state index is 0.0394. The zero-order valence-electron chi connectivity index (χ0n) is 11.1. The van der Waals surface area contributed by atoms with Gasteiger partial charge in [0, 0.05) is 25.3 Å². The molecule has 5 heteroatoms. The maximum Gasteiger partial charge on any atom is 0.270 e. The molecule has 1 aromatic heterocycles. The van der Waals surface area contributed by atoms with Crippen LogP contribution in [-0.2, 0) is 0 Å². The lowest BCUT2D eigenvalue weighted by molar-refractivity contribution is 0.0291. The van der Waals surface area contributed by atoms with E-state index in [1.54, 1.807) is 6.07 Å². The highest BCUT2D eigenvalue weighted by molar-refractivity contribution is 6.31. The van der Waals surface area contributed by atoms with Crippen LogP contribution in [-0.4, -0.2) is 39.7 Å². The lowest BCUT2D eigenvalue weighted by Gasteiger charge is -2.34. The van der Waals surface area contributed by atoms with Crippen LogP contribution in [0.3, 0.4) is 0 Å². The SMILES string of the molecule is CC1CN(C(=O)c2cc(Cl)cn2C2CC2)CCC1O. The molecule has 4 nitrogen and oxygen atoms in total. The summed E-state index contributed by atoms with van der Waals surface area (Å²) in [6.45, 7) is 3.22. The van der Waals surface area contributed by atoms with Crippen LogP contribution in [0.2, 0.25) is 5.02 Å². The number of rotatable bonds is 2. The van der Waals surface area contributed by atoms with Gasteiger partial charge in [-0.2, -0.15) is 0 Å². The van der Waals surface area contributed by atoms with Gasteiger partial charge < -0.3 is 14.6 Å². The number of aliphatic hydroxyl groups is 1. The summed E-state index contributed by atoms with van der Waals surface area (Å²) in [6, 6.07) is 2.21. The van der Waals surface area contributed by atoms with Gasteiger partial charge in [-0.15, -0.1) is 0 Å². The Bertz CT molecular complexity index is 496. The number of hydrogen-bond acceptors (Lipinski definition) is 2. The molecule has 1 saturated heterocycles. The van der Waals surface area contributed by atoms with Gasteiger partial charge >= 0.3 is 0 Å². The van der Waals surface area contributed by atoms with Gasteiger partial charge in [0.1, 0.15) is 5.69 Å². The first-order valence-electron chi connectivity index (χ1n) is 6.91. The molecule has 3 rings (SSSR count). The van der Waals surface area contributed by atoms with E-state index in [0.29, 0.717) is 36.3 Å². The second kappa shape index (κ2) is 4.84. The number of hydrogen-bond donors (Lipinski definition) is 1. The molecule has 1 aromatic rings. The Morgan fingerprint density at radius 3 is 2.79 bits per heavy atom. The summed E-state index contributed by atoms with van der Waals surface area (Å²) in [5.41, 5.74) is 0.691. The van der Waals surface area contributed by atoms with Gasteiger partial charge in [0.15, 0.2) is 0 Å². The highest BCUT2D eigenvalue weighted by atomic mass is 35.5. The average molecular weight is 283 g/mol. The summed E-state index contributed by atoms with van der Waals surface area (Å²) in [6.07, 6.45) is 4.48. The van der Waals surface area contributed by atoms with Gasteiger partial charge in [0.25, 0.3) is 5.91 Å². The Morgan fingerprint density at radius 2 is 2.16 bits per heavy atom. The second-order valence-corrected chi connectivity index (χ2v) is 6.20. The van der Waals surface area contributed by atoms with Gasteiger partial charge in [-0.05, 0) is 31.2 Å². The molecule has 0 radical (unpaired) electrons. The first-order valence-corrected chi connectivity index (χ1v) is 7.29. The van der Waals surface area contributed by atoms with Crippen LogP contribution < -0.4 is 0 Å². The molecule has 2 fully saturated rings. The molecular weight excluding hydrogens is 264 g/mol. The summed E-state index contributed by atoms with van der Waals surface area (Å²) in [5, 5.41) is 10.4. The normalized spacial score (nSPS) is 27.6. The van der Waals surface area contributed by atoms with Crippen LogP contribution in [0.5, 0.6) is 0 Å². The first-order chi connectivity index (χ1) is 9.06.